The Kier molecular flexibility index (Phi) is 5.09. The number of hydrogen-bond donors (Lipinski definition) is 0. The summed E-state index contributed by atoms with van der Waals surface area (Å²) in [6.07, 6.45) is 0.959. The normalized spacial score (nSPS) is 10.5. The van der Waals surface area contributed by atoms with Gasteiger partial charge in [0.1, 0.15) is 5.75 Å². The summed E-state index contributed by atoms with van der Waals surface area (Å²) >= 11 is 0. The molecule has 0 aliphatic heterocycles. The summed E-state index contributed by atoms with van der Waals surface area (Å²) in [6, 6.07) is 14.4. The number of rotatable bonds is 6. The minimum Gasteiger partial charge on any atom is -0.494 e. The standard InChI is InChI=1S/C19H18N2O4/c1-3-11-24-16-9-7-13(8-10-16)17-20-18(25-21-17)14-5-4-6-15(12-14)19(22)23-2/h4-10,12H,3,11H2,1-2H3. The van der Waals surface area contributed by atoms with Gasteiger partial charge < -0.3 is 14.0 Å². The molecule has 0 aliphatic rings. The lowest BCUT2D eigenvalue weighted by atomic mass is 10.1. The van der Waals surface area contributed by atoms with Gasteiger partial charge in [-0.15, -0.1) is 0 Å². The van der Waals surface area contributed by atoms with Crippen LogP contribution in [0.15, 0.2) is 53.1 Å². The van der Waals surface area contributed by atoms with Crippen LogP contribution in [0.4, 0.5) is 0 Å². The molecular weight excluding hydrogens is 320 g/mol. The molecule has 1 heterocycles. The summed E-state index contributed by atoms with van der Waals surface area (Å²) in [5.41, 5.74) is 1.91. The molecule has 0 radical (unpaired) electrons. The van der Waals surface area contributed by atoms with Gasteiger partial charge in [0.05, 0.1) is 19.3 Å². The molecule has 0 fully saturated rings. The van der Waals surface area contributed by atoms with Crippen LogP contribution in [0.2, 0.25) is 0 Å². The number of esters is 1. The summed E-state index contributed by atoms with van der Waals surface area (Å²) in [5.74, 6) is 1.21. The fourth-order valence-corrected chi connectivity index (χ4v) is 2.28. The monoisotopic (exact) mass is 338 g/mol. The maximum absolute atomic E-state index is 11.6. The Labute approximate surface area is 145 Å². The summed E-state index contributed by atoms with van der Waals surface area (Å²) < 4.78 is 15.6. The van der Waals surface area contributed by atoms with E-state index in [1.165, 1.54) is 7.11 Å². The minimum absolute atomic E-state index is 0.340. The van der Waals surface area contributed by atoms with Crippen LogP contribution < -0.4 is 4.74 Å². The molecule has 2 aromatic carbocycles. The number of ether oxygens (including phenoxy) is 2. The molecule has 25 heavy (non-hydrogen) atoms. The molecule has 0 atom stereocenters. The van der Waals surface area contributed by atoms with E-state index in [0.717, 1.165) is 17.7 Å². The topological polar surface area (TPSA) is 74.5 Å². The molecular formula is C19H18N2O4. The highest BCUT2D eigenvalue weighted by Crippen LogP contribution is 2.24. The third-order valence-corrected chi connectivity index (χ3v) is 3.54. The van der Waals surface area contributed by atoms with Crippen LogP contribution in [-0.2, 0) is 4.74 Å². The van der Waals surface area contributed by atoms with Gasteiger partial charge in [-0.1, -0.05) is 18.1 Å². The van der Waals surface area contributed by atoms with Crippen molar-refractivity contribution in [1.82, 2.24) is 10.1 Å². The van der Waals surface area contributed by atoms with Gasteiger partial charge in [0.25, 0.3) is 5.89 Å². The van der Waals surface area contributed by atoms with E-state index < -0.39 is 5.97 Å². The van der Waals surface area contributed by atoms with Crippen molar-refractivity contribution in [3.63, 3.8) is 0 Å². The molecule has 0 amide bonds. The second-order valence-electron chi connectivity index (χ2n) is 5.37. The summed E-state index contributed by atoms with van der Waals surface area (Å²) in [5, 5.41) is 4.01. The molecule has 1 aromatic heterocycles. The number of carbonyl (C=O) groups is 1. The van der Waals surface area contributed by atoms with Crippen LogP contribution in [0.5, 0.6) is 5.75 Å². The molecule has 0 N–H and O–H groups in total. The number of methoxy groups -OCH3 is 1. The predicted molar refractivity (Wildman–Crippen MR) is 92.3 cm³/mol. The zero-order chi connectivity index (χ0) is 17.6. The Bertz CT molecular complexity index is 856. The van der Waals surface area contributed by atoms with Crippen molar-refractivity contribution >= 4 is 5.97 Å². The van der Waals surface area contributed by atoms with E-state index in [9.17, 15) is 4.79 Å². The Hall–Kier alpha value is -3.15. The average Bonchev–Trinajstić information content (AvgIpc) is 3.16. The van der Waals surface area contributed by atoms with Crippen molar-refractivity contribution in [3.8, 4) is 28.6 Å². The fraction of sp³-hybridized carbons (Fsp3) is 0.211. The zero-order valence-electron chi connectivity index (χ0n) is 14.1. The highest BCUT2D eigenvalue weighted by Gasteiger charge is 2.13. The Morgan fingerprint density at radius 2 is 1.92 bits per heavy atom. The van der Waals surface area contributed by atoms with Crippen molar-refractivity contribution in [3.05, 3.63) is 54.1 Å². The van der Waals surface area contributed by atoms with Gasteiger partial charge in [-0.2, -0.15) is 4.98 Å². The first-order chi connectivity index (χ1) is 12.2. The molecule has 0 bridgehead atoms. The molecule has 0 saturated heterocycles. The van der Waals surface area contributed by atoms with Crippen LogP contribution in [0.25, 0.3) is 22.8 Å². The van der Waals surface area contributed by atoms with Crippen LogP contribution in [0.3, 0.4) is 0 Å². The van der Waals surface area contributed by atoms with Crippen molar-refractivity contribution in [2.24, 2.45) is 0 Å². The first-order valence-corrected chi connectivity index (χ1v) is 7.97. The second-order valence-corrected chi connectivity index (χ2v) is 5.37. The van der Waals surface area contributed by atoms with Crippen LogP contribution in [0.1, 0.15) is 23.7 Å². The Morgan fingerprint density at radius 1 is 1.12 bits per heavy atom. The highest BCUT2D eigenvalue weighted by molar-refractivity contribution is 5.90. The molecule has 6 heteroatoms. The van der Waals surface area contributed by atoms with Gasteiger partial charge in [-0.25, -0.2) is 4.79 Å². The quantitative estimate of drug-likeness (QED) is 0.633. The Morgan fingerprint density at radius 3 is 2.64 bits per heavy atom. The fourth-order valence-electron chi connectivity index (χ4n) is 2.28. The van der Waals surface area contributed by atoms with Gasteiger partial charge in [0.2, 0.25) is 5.82 Å². The van der Waals surface area contributed by atoms with E-state index in [4.69, 9.17) is 14.0 Å². The first-order valence-electron chi connectivity index (χ1n) is 7.97. The zero-order valence-corrected chi connectivity index (χ0v) is 14.1. The van der Waals surface area contributed by atoms with Crippen LogP contribution in [0, 0.1) is 0 Å². The largest absolute Gasteiger partial charge is 0.494 e. The van der Waals surface area contributed by atoms with Crippen molar-refractivity contribution < 1.29 is 18.8 Å². The summed E-state index contributed by atoms with van der Waals surface area (Å²) in [7, 11) is 1.34. The molecule has 0 aliphatic carbocycles. The van der Waals surface area contributed by atoms with E-state index in [0.29, 0.717) is 29.4 Å². The van der Waals surface area contributed by atoms with Crippen LogP contribution >= 0.6 is 0 Å². The number of benzene rings is 2. The lowest BCUT2D eigenvalue weighted by Gasteiger charge is -2.03. The van der Waals surface area contributed by atoms with E-state index in [2.05, 4.69) is 17.1 Å². The van der Waals surface area contributed by atoms with E-state index in [1.807, 2.05) is 24.3 Å². The summed E-state index contributed by atoms with van der Waals surface area (Å²) in [6.45, 7) is 2.74. The lowest BCUT2D eigenvalue weighted by molar-refractivity contribution is 0.0601. The molecule has 3 rings (SSSR count). The van der Waals surface area contributed by atoms with Crippen molar-refractivity contribution in [1.29, 1.82) is 0 Å². The molecule has 3 aromatic rings. The third-order valence-electron chi connectivity index (χ3n) is 3.54. The maximum atomic E-state index is 11.6. The molecule has 0 saturated carbocycles. The van der Waals surface area contributed by atoms with Gasteiger partial charge in [0.15, 0.2) is 0 Å². The molecule has 0 unspecified atom stereocenters. The minimum atomic E-state index is -0.413. The van der Waals surface area contributed by atoms with Crippen molar-refractivity contribution in [2.75, 3.05) is 13.7 Å². The molecule has 6 nitrogen and oxygen atoms in total. The number of nitrogens with zero attached hydrogens (tertiary/aromatic N) is 2. The first kappa shape index (κ1) is 16.7. The van der Waals surface area contributed by atoms with Gasteiger partial charge >= 0.3 is 5.97 Å². The lowest BCUT2D eigenvalue weighted by Crippen LogP contribution is -2.00. The van der Waals surface area contributed by atoms with Gasteiger partial charge in [-0.3, -0.25) is 0 Å². The van der Waals surface area contributed by atoms with E-state index >= 15 is 0 Å². The van der Waals surface area contributed by atoms with Crippen LogP contribution in [-0.4, -0.2) is 29.8 Å². The third kappa shape index (κ3) is 3.85. The van der Waals surface area contributed by atoms with Crippen molar-refractivity contribution in [2.45, 2.75) is 13.3 Å². The highest BCUT2D eigenvalue weighted by atomic mass is 16.5. The number of aromatic nitrogens is 2. The predicted octanol–water partition coefficient (Wildman–Crippen LogP) is 3.98. The molecule has 0 spiro atoms. The second kappa shape index (κ2) is 7.61. The van der Waals surface area contributed by atoms with E-state index in [-0.39, 0.29) is 0 Å². The SMILES string of the molecule is CCCOc1ccc(-c2noc(-c3cccc(C(=O)OC)c3)n2)cc1. The number of hydrogen-bond acceptors (Lipinski definition) is 6. The Balaban J connectivity index is 1.81. The smallest absolute Gasteiger partial charge is 0.337 e. The van der Waals surface area contributed by atoms with Gasteiger partial charge in [0, 0.05) is 11.1 Å². The maximum Gasteiger partial charge on any atom is 0.337 e. The summed E-state index contributed by atoms with van der Waals surface area (Å²) in [4.78, 5) is 16.0. The molecule has 128 valence electrons. The van der Waals surface area contributed by atoms with Gasteiger partial charge in [-0.05, 0) is 48.9 Å². The number of carbonyl (C=O) groups excluding carboxylic acids is 1. The van der Waals surface area contributed by atoms with E-state index in [1.54, 1.807) is 24.3 Å². The average molecular weight is 338 g/mol.